The Hall–Kier alpha value is -1.17. The van der Waals surface area contributed by atoms with E-state index < -0.39 is 0 Å². The van der Waals surface area contributed by atoms with Crippen LogP contribution in [-0.4, -0.2) is 61.5 Å². The number of carbonyl (C=O) groups is 1. The number of amides is 1. The predicted octanol–water partition coefficient (Wildman–Crippen LogP) is 2.00. The van der Waals surface area contributed by atoms with E-state index in [9.17, 15) is 9.18 Å². The van der Waals surface area contributed by atoms with E-state index in [4.69, 9.17) is 0 Å². The number of benzene rings is 1. The van der Waals surface area contributed by atoms with Gasteiger partial charge in [-0.05, 0) is 50.0 Å². The third-order valence-electron chi connectivity index (χ3n) is 4.71. The molecule has 2 aliphatic heterocycles. The highest BCUT2D eigenvalue weighted by atomic mass is 35.5. The summed E-state index contributed by atoms with van der Waals surface area (Å²) in [6.07, 6.45) is 2.50. The molecule has 1 aromatic rings. The molecule has 0 atom stereocenters. The summed E-state index contributed by atoms with van der Waals surface area (Å²) in [7, 11) is 0. The standard InChI is InChI=1S/C17H24FN3O.ClH/c18-16-3-1-2-15(12-16)17(22)21-10-8-20(9-11-21)13-14-4-6-19-7-5-14;/h1-3,12,14,19H,4-11,13H2;1H. The minimum Gasteiger partial charge on any atom is -0.336 e. The van der Waals surface area contributed by atoms with Crippen LogP contribution in [0.2, 0.25) is 0 Å². The molecular formula is C17H25ClFN3O. The van der Waals surface area contributed by atoms with Crippen molar-refractivity contribution in [1.29, 1.82) is 0 Å². The molecular weight excluding hydrogens is 317 g/mol. The van der Waals surface area contributed by atoms with Crippen LogP contribution < -0.4 is 5.32 Å². The third kappa shape index (κ3) is 4.90. The lowest BCUT2D eigenvalue weighted by molar-refractivity contribution is 0.0608. The highest BCUT2D eigenvalue weighted by Gasteiger charge is 2.24. The van der Waals surface area contributed by atoms with Crippen LogP contribution in [-0.2, 0) is 0 Å². The normalized spacial score (nSPS) is 20.1. The van der Waals surface area contributed by atoms with E-state index in [-0.39, 0.29) is 24.1 Å². The van der Waals surface area contributed by atoms with Gasteiger partial charge < -0.3 is 10.2 Å². The molecule has 0 unspecified atom stereocenters. The van der Waals surface area contributed by atoms with Crippen LogP contribution >= 0.6 is 12.4 Å². The minimum absolute atomic E-state index is 0. The van der Waals surface area contributed by atoms with Crippen molar-refractivity contribution < 1.29 is 9.18 Å². The fourth-order valence-corrected chi connectivity index (χ4v) is 3.37. The number of rotatable bonds is 3. The Kier molecular flexibility index (Phi) is 6.81. The predicted molar refractivity (Wildman–Crippen MR) is 91.6 cm³/mol. The van der Waals surface area contributed by atoms with Crippen molar-refractivity contribution in [3.05, 3.63) is 35.6 Å². The number of piperazine rings is 1. The zero-order chi connectivity index (χ0) is 15.4. The second kappa shape index (κ2) is 8.62. The molecule has 0 saturated carbocycles. The summed E-state index contributed by atoms with van der Waals surface area (Å²) in [5, 5.41) is 3.39. The van der Waals surface area contributed by atoms with Gasteiger partial charge in [0, 0.05) is 38.3 Å². The monoisotopic (exact) mass is 341 g/mol. The first-order chi connectivity index (χ1) is 10.7. The fraction of sp³-hybridized carbons (Fsp3) is 0.588. The Bertz CT molecular complexity index is 514. The highest BCUT2D eigenvalue weighted by molar-refractivity contribution is 5.94. The maximum atomic E-state index is 13.2. The van der Waals surface area contributed by atoms with Crippen molar-refractivity contribution in [3.8, 4) is 0 Å². The Balaban J connectivity index is 0.00000192. The molecule has 1 aromatic carbocycles. The van der Waals surface area contributed by atoms with Gasteiger partial charge in [-0.3, -0.25) is 9.69 Å². The lowest BCUT2D eigenvalue weighted by atomic mass is 9.97. The average molecular weight is 342 g/mol. The second-order valence-electron chi connectivity index (χ2n) is 6.30. The van der Waals surface area contributed by atoms with Crippen LogP contribution in [0, 0.1) is 11.7 Å². The molecule has 2 saturated heterocycles. The number of piperidine rings is 1. The van der Waals surface area contributed by atoms with Gasteiger partial charge in [0.15, 0.2) is 0 Å². The molecule has 23 heavy (non-hydrogen) atoms. The van der Waals surface area contributed by atoms with Crippen LogP contribution in [0.1, 0.15) is 23.2 Å². The van der Waals surface area contributed by atoms with E-state index >= 15 is 0 Å². The lowest BCUT2D eigenvalue weighted by Gasteiger charge is -2.37. The summed E-state index contributed by atoms with van der Waals surface area (Å²) < 4.78 is 13.2. The Morgan fingerprint density at radius 1 is 1.17 bits per heavy atom. The first-order valence-corrected chi connectivity index (χ1v) is 8.20. The quantitative estimate of drug-likeness (QED) is 0.913. The maximum absolute atomic E-state index is 13.2. The molecule has 1 amide bonds. The van der Waals surface area contributed by atoms with Gasteiger partial charge in [-0.1, -0.05) is 6.07 Å². The van der Waals surface area contributed by atoms with Gasteiger partial charge in [0.05, 0.1) is 0 Å². The van der Waals surface area contributed by atoms with Crippen LogP contribution in [0.3, 0.4) is 0 Å². The van der Waals surface area contributed by atoms with E-state index in [1.807, 2.05) is 4.90 Å². The smallest absolute Gasteiger partial charge is 0.254 e. The third-order valence-corrected chi connectivity index (χ3v) is 4.71. The Morgan fingerprint density at radius 2 is 1.87 bits per heavy atom. The molecule has 3 rings (SSSR count). The summed E-state index contributed by atoms with van der Waals surface area (Å²) in [6, 6.07) is 5.97. The topological polar surface area (TPSA) is 35.6 Å². The molecule has 2 aliphatic rings. The van der Waals surface area contributed by atoms with Crippen molar-refractivity contribution in [2.75, 3.05) is 45.8 Å². The molecule has 0 bridgehead atoms. The number of nitrogens with one attached hydrogen (secondary N) is 1. The molecule has 2 heterocycles. The summed E-state index contributed by atoms with van der Waals surface area (Å²) in [5.41, 5.74) is 0.451. The van der Waals surface area contributed by atoms with E-state index in [0.717, 1.165) is 51.7 Å². The van der Waals surface area contributed by atoms with Crippen molar-refractivity contribution in [3.63, 3.8) is 0 Å². The zero-order valence-corrected chi connectivity index (χ0v) is 14.2. The zero-order valence-electron chi connectivity index (χ0n) is 13.3. The molecule has 0 spiro atoms. The second-order valence-corrected chi connectivity index (χ2v) is 6.30. The molecule has 2 fully saturated rings. The van der Waals surface area contributed by atoms with Crippen LogP contribution in [0.15, 0.2) is 24.3 Å². The van der Waals surface area contributed by atoms with Gasteiger partial charge in [0.1, 0.15) is 5.82 Å². The first-order valence-electron chi connectivity index (χ1n) is 8.20. The number of carbonyl (C=O) groups excluding carboxylic acids is 1. The van der Waals surface area contributed by atoms with Crippen molar-refractivity contribution in [1.82, 2.24) is 15.1 Å². The molecule has 6 heteroatoms. The van der Waals surface area contributed by atoms with Crippen molar-refractivity contribution >= 4 is 18.3 Å². The number of hydrogen-bond acceptors (Lipinski definition) is 3. The van der Waals surface area contributed by atoms with Crippen LogP contribution in [0.5, 0.6) is 0 Å². The first kappa shape index (κ1) is 18.2. The van der Waals surface area contributed by atoms with Gasteiger partial charge in [0.2, 0.25) is 0 Å². The van der Waals surface area contributed by atoms with Gasteiger partial charge in [-0.25, -0.2) is 4.39 Å². The van der Waals surface area contributed by atoms with Crippen LogP contribution in [0.4, 0.5) is 4.39 Å². The molecule has 128 valence electrons. The number of hydrogen-bond donors (Lipinski definition) is 1. The fourth-order valence-electron chi connectivity index (χ4n) is 3.37. The number of halogens is 2. The minimum atomic E-state index is -0.351. The van der Waals surface area contributed by atoms with E-state index in [0.29, 0.717) is 5.56 Å². The average Bonchev–Trinajstić information content (AvgIpc) is 2.56. The highest BCUT2D eigenvalue weighted by Crippen LogP contribution is 2.16. The Labute approximate surface area is 143 Å². The molecule has 0 aliphatic carbocycles. The maximum Gasteiger partial charge on any atom is 0.254 e. The largest absolute Gasteiger partial charge is 0.336 e. The van der Waals surface area contributed by atoms with Crippen molar-refractivity contribution in [2.24, 2.45) is 5.92 Å². The summed E-state index contributed by atoms with van der Waals surface area (Å²) in [5.74, 6) is 0.378. The summed E-state index contributed by atoms with van der Waals surface area (Å²) >= 11 is 0. The van der Waals surface area contributed by atoms with Gasteiger partial charge in [-0.2, -0.15) is 0 Å². The molecule has 0 radical (unpaired) electrons. The Morgan fingerprint density at radius 3 is 2.52 bits per heavy atom. The van der Waals surface area contributed by atoms with E-state index in [1.165, 1.54) is 25.0 Å². The SMILES string of the molecule is Cl.O=C(c1cccc(F)c1)N1CCN(CC2CCNCC2)CC1. The molecule has 1 N–H and O–H groups in total. The molecule has 0 aromatic heterocycles. The molecule has 4 nitrogen and oxygen atoms in total. The van der Waals surface area contributed by atoms with Gasteiger partial charge in [0.25, 0.3) is 5.91 Å². The number of nitrogens with zero attached hydrogens (tertiary/aromatic N) is 2. The van der Waals surface area contributed by atoms with E-state index in [1.54, 1.807) is 12.1 Å². The summed E-state index contributed by atoms with van der Waals surface area (Å²) in [4.78, 5) is 16.7. The van der Waals surface area contributed by atoms with E-state index in [2.05, 4.69) is 10.2 Å². The van der Waals surface area contributed by atoms with Crippen molar-refractivity contribution in [2.45, 2.75) is 12.8 Å². The van der Waals surface area contributed by atoms with Gasteiger partial charge >= 0.3 is 0 Å². The summed E-state index contributed by atoms with van der Waals surface area (Å²) in [6.45, 7) is 6.71. The lowest BCUT2D eigenvalue weighted by Crippen LogP contribution is -2.50. The van der Waals surface area contributed by atoms with Gasteiger partial charge in [-0.15, -0.1) is 12.4 Å². The van der Waals surface area contributed by atoms with Crippen LogP contribution in [0.25, 0.3) is 0 Å².